The van der Waals surface area contributed by atoms with Gasteiger partial charge in [-0.25, -0.2) is 4.79 Å². The predicted molar refractivity (Wildman–Crippen MR) is 50.0 cm³/mol. The Hall–Kier alpha value is 0.0200. The first-order valence-electron chi connectivity index (χ1n) is 3.10. The summed E-state index contributed by atoms with van der Waals surface area (Å²) in [5, 5.41) is 0. The molecule has 0 radical (unpaired) electrons. The van der Waals surface area contributed by atoms with Gasteiger partial charge in [0.1, 0.15) is 0 Å². The largest absolute Gasteiger partial charge is 0.466 e. The normalized spacial score (nSPS) is 12.8. The molecular weight excluding hydrogens is 222 g/mol. The van der Waals surface area contributed by atoms with Crippen molar-refractivity contribution in [3.05, 3.63) is 11.6 Å². The maximum atomic E-state index is 10.8. The van der Waals surface area contributed by atoms with Crippen molar-refractivity contribution >= 4 is 34.3 Å². The Balaban J connectivity index is 4.20. The van der Waals surface area contributed by atoms with Crippen molar-refractivity contribution in [1.29, 1.82) is 0 Å². The van der Waals surface area contributed by atoms with E-state index in [1.54, 1.807) is 0 Å². The van der Waals surface area contributed by atoms with Crippen molar-refractivity contribution in [3.8, 4) is 0 Å². The zero-order valence-electron chi connectivity index (χ0n) is 6.71. The third-order valence-corrected chi connectivity index (χ3v) is 2.55. The molecule has 0 amide bonds. The molecule has 6 heteroatoms. The molecule has 0 aliphatic rings. The monoisotopic (exact) mass is 230 g/mol. The zero-order chi connectivity index (χ0) is 9.78. The first-order valence-corrected chi connectivity index (χ1v) is 6.80. The molecule has 0 saturated heterocycles. The number of halogens is 2. The number of esters is 1. The Morgan fingerprint density at radius 2 is 2.08 bits per heavy atom. The molecule has 0 bridgehead atoms. The van der Waals surface area contributed by atoms with Crippen molar-refractivity contribution < 1.29 is 14.1 Å². The summed E-state index contributed by atoms with van der Waals surface area (Å²) in [6, 6.07) is 0. The van der Waals surface area contributed by atoms with Gasteiger partial charge in [0, 0.05) is 11.7 Å². The van der Waals surface area contributed by atoms with E-state index < -0.39 is 11.8 Å². The summed E-state index contributed by atoms with van der Waals surface area (Å²) < 4.78 is 15.2. The fourth-order valence-corrected chi connectivity index (χ4v) is 1.39. The molecule has 0 unspecified atom stereocenters. The van der Waals surface area contributed by atoms with E-state index in [0.29, 0.717) is 5.57 Å². The smallest absolute Gasteiger partial charge is 0.333 e. The molecule has 0 rings (SSSR count). The number of allylic oxidation sites excluding steroid dienone is 1. The van der Waals surface area contributed by atoms with Gasteiger partial charge >= 0.3 is 5.97 Å². The molecule has 0 heterocycles. The molecule has 0 aromatic heterocycles. The van der Waals surface area contributed by atoms with E-state index in [1.165, 1.54) is 20.1 Å². The van der Waals surface area contributed by atoms with Crippen LogP contribution in [0, 0.1) is 0 Å². The second-order valence-electron chi connectivity index (χ2n) is 2.13. The average Bonchev–Trinajstić information content (AvgIpc) is 1.97. The highest BCUT2D eigenvalue weighted by molar-refractivity contribution is 8.08. The summed E-state index contributed by atoms with van der Waals surface area (Å²) in [5.41, 5.74) is 0.346. The lowest BCUT2D eigenvalue weighted by molar-refractivity contribution is -0.136. The van der Waals surface area contributed by atoms with Gasteiger partial charge in [-0.3, -0.25) is 4.57 Å². The Labute approximate surface area is 80.6 Å². The van der Waals surface area contributed by atoms with E-state index in [2.05, 4.69) is 4.74 Å². The highest BCUT2D eigenvalue weighted by Gasteiger charge is 2.12. The second-order valence-corrected chi connectivity index (χ2v) is 7.43. The molecule has 0 aromatic carbocycles. The molecule has 3 nitrogen and oxygen atoms in total. The minimum Gasteiger partial charge on any atom is -0.466 e. The molecule has 0 atom stereocenters. The van der Waals surface area contributed by atoms with E-state index in [0.717, 1.165) is 0 Å². The van der Waals surface area contributed by atoms with Gasteiger partial charge in [-0.2, -0.15) is 0 Å². The van der Waals surface area contributed by atoms with Gasteiger partial charge in [-0.15, -0.1) is 0 Å². The zero-order valence-corrected chi connectivity index (χ0v) is 9.12. The highest BCUT2D eigenvalue weighted by atomic mass is 35.9. The SMILES string of the molecule is COC(=O)/C(C)=C/CP(=O)(Cl)Cl. The van der Waals surface area contributed by atoms with E-state index >= 15 is 0 Å². The Morgan fingerprint density at radius 1 is 1.58 bits per heavy atom. The van der Waals surface area contributed by atoms with Gasteiger partial charge in [0.2, 0.25) is 0 Å². The second kappa shape index (κ2) is 4.90. The summed E-state index contributed by atoms with van der Waals surface area (Å²) >= 11 is 10.5. The van der Waals surface area contributed by atoms with Crippen LogP contribution in [0.15, 0.2) is 11.6 Å². The van der Waals surface area contributed by atoms with Gasteiger partial charge in [-0.1, -0.05) is 6.08 Å². The molecular formula is C6H9Cl2O3P. The number of methoxy groups -OCH3 is 1. The van der Waals surface area contributed by atoms with Gasteiger partial charge in [0.15, 0.2) is 0 Å². The fourth-order valence-electron chi connectivity index (χ4n) is 0.488. The van der Waals surface area contributed by atoms with E-state index in [1.807, 2.05) is 0 Å². The molecule has 0 spiro atoms. The quantitative estimate of drug-likeness (QED) is 0.426. The summed E-state index contributed by atoms with van der Waals surface area (Å²) in [6.45, 7) is 1.54. The average molecular weight is 231 g/mol. The van der Waals surface area contributed by atoms with Crippen molar-refractivity contribution in [3.63, 3.8) is 0 Å². The molecule has 0 aromatic rings. The van der Waals surface area contributed by atoms with E-state index in [9.17, 15) is 9.36 Å². The Kier molecular flexibility index (Phi) is 4.91. The third kappa shape index (κ3) is 5.64. The number of carbonyl (C=O) groups is 1. The van der Waals surface area contributed by atoms with Crippen LogP contribution in [0.2, 0.25) is 0 Å². The first kappa shape index (κ1) is 12.0. The van der Waals surface area contributed by atoms with Crippen LogP contribution in [0.25, 0.3) is 0 Å². The van der Waals surface area contributed by atoms with E-state index in [-0.39, 0.29) is 6.16 Å². The Morgan fingerprint density at radius 3 is 2.42 bits per heavy atom. The van der Waals surface area contributed by atoms with Gasteiger partial charge < -0.3 is 4.74 Å². The lowest BCUT2D eigenvalue weighted by Crippen LogP contribution is -2.01. The van der Waals surface area contributed by atoms with Crippen molar-refractivity contribution in [1.82, 2.24) is 0 Å². The molecule has 12 heavy (non-hydrogen) atoms. The van der Waals surface area contributed by atoms with Crippen LogP contribution in [0.4, 0.5) is 0 Å². The Bertz CT molecular complexity index is 243. The van der Waals surface area contributed by atoms with Crippen LogP contribution < -0.4 is 0 Å². The van der Waals surface area contributed by atoms with Crippen LogP contribution in [0.3, 0.4) is 0 Å². The molecule has 0 saturated carbocycles. The summed E-state index contributed by atoms with van der Waals surface area (Å²) in [4.78, 5) is 10.8. The van der Waals surface area contributed by atoms with Crippen molar-refractivity contribution in [2.75, 3.05) is 13.3 Å². The maximum Gasteiger partial charge on any atom is 0.333 e. The highest BCUT2D eigenvalue weighted by Crippen LogP contribution is 2.56. The number of carbonyl (C=O) groups excluding carboxylic acids is 1. The number of hydrogen-bond acceptors (Lipinski definition) is 3. The maximum absolute atomic E-state index is 10.8. The molecule has 0 fully saturated rings. The topological polar surface area (TPSA) is 43.4 Å². The lowest BCUT2D eigenvalue weighted by atomic mass is 10.3. The lowest BCUT2D eigenvalue weighted by Gasteiger charge is -1.99. The number of hydrogen-bond donors (Lipinski definition) is 0. The summed E-state index contributed by atoms with van der Waals surface area (Å²) in [7, 11) is 1.26. The van der Waals surface area contributed by atoms with E-state index in [4.69, 9.17) is 22.5 Å². The van der Waals surface area contributed by atoms with Gasteiger partial charge in [0.05, 0.1) is 7.11 Å². The van der Waals surface area contributed by atoms with Crippen molar-refractivity contribution in [2.24, 2.45) is 0 Å². The van der Waals surface area contributed by atoms with Crippen LogP contribution in [0.1, 0.15) is 6.92 Å². The van der Waals surface area contributed by atoms with Crippen molar-refractivity contribution in [2.45, 2.75) is 6.92 Å². The van der Waals surface area contributed by atoms with Crippen LogP contribution in [-0.4, -0.2) is 19.2 Å². The fraction of sp³-hybridized carbons (Fsp3) is 0.500. The van der Waals surface area contributed by atoms with Gasteiger partial charge in [-0.05, 0) is 29.4 Å². The summed E-state index contributed by atoms with van der Waals surface area (Å²) in [6.07, 6.45) is 1.38. The summed E-state index contributed by atoms with van der Waals surface area (Å²) in [5.74, 6) is -3.58. The third-order valence-electron chi connectivity index (χ3n) is 1.12. The van der Waals surface area contributed by atoms with Gasteiger partial charge in [0.25, 0.3) is 5.85 Å². The van der Waals surface area contributed by atoms with Crippen LogP contribution >= 0.6 is 28.3 Å². The first-order chi connectivity index (χ1) is 5.37. The molecule has 70 valence electrons. The van der Waals surface area contributed by atoms with Crippen LogP contribution in [-0.2, 0) is 14.1 Å². The predicted octanol–water partition coefficient (Wildman–Crippen LogP) is 2.78. The molecule has 0 aliphatic heterocycles. The minimum atomic E-state index is -3.11. The minimum absolute atomic E-state index is 0.0168. The van der Waals surface area contributed by atoms with Crippen LogP contribution in [0.5, 0.6) is 0 Å². The number of ether oxygens (including phenoxy) is 1. The standard InChI is InChI=1S/C6H9Cl2O3P/c1-5(6(9)11-2)3-4-12(7,8)10/h3H,4H2,1-2H3/b5-3+. The molecule has 0 aliphatic carbocycles. The number of rotatable bonds is 3. The molecule has 0 N–H and O–H groups in total.